The Morgan fingerprint density at radius 1 is 1.17 bits per heavy atom. The van der Waals surface area contributed by atoms with Crippen LogP contribution in [0.4, 0.5) is 0 Å². The third-order valence-corrected chi connectivity index (χ3v) is 5.60. The van der Waals surface area contributed by atoms with E-state index >= 15 is 0 Å². The number of hydrogen-bond acceptors (Lipinski definition) is 4. The first-order valence-electron chi connectivity index (χ1n) is 8.09. The fourth-order valence-corrected chi connectivity index (χ4v) is 3.95. The van der Waals surface area contributed by atoms with Gasteiger partial charge in [0, 0.05) is 43.3 Å². The molecular weight excluding hydrogens is 314 g/mol. The highest BCUT2D eigenvalue weighted by atomic mass is 35.5. The number of rotatable bonds is 1. The molecule has 6 heteroatoms. The maximum absolute atomic E-state index is 12.7. The second kappa shape index (κ2) is 6.30. The lowest BCUT2D eigenvalue weighted by atomic mass is 9.83. The van der Waals surface area contributed by atoms with Crippen LogP contribution in [-0.2, 0) is 0 Å². The predicted octanol–water partition coefficient (Wildman–Crippen LogP) is 1.90. The van der Waals surface area contributed by atoms with Crippen LogP contribution in [0.5, 0.6) is 5.75 Å². The van der Waals surface area contributed by atoms with E-state index in [0.717, 1.165) is 32.5 Å². The highest BCUT2D eigenvalue weighted by Crippen LogP contribution is 2.32. The van der Waals surface area contributed by atoms with E-state index in [-0.39, 0.29) is 17.2 Å². The Bertz CT molecular complexity index is 600. The molecule has 1 amide bonds. The number of piperazine rings is 1. The highest BCUT2D eigenvalue weighted by Gasteiger charge is 2.42. The van der Waals surface area contributed by atoms with E-state index in [1.54, 1.807) is 12.1 Å². The summed E-state index contributed by atoms with van der Waals surface area (Å²) in [6, 6.07) is 4.61. The monoisotopic (exact) mass is 337 g/mol. The second-order valence-corrected chi connectivity index (χ2v) is 7.27. The molecule has 1 spiro atoms. The number of phenols is 1. The molecule has 23 heavy (non-hydrogen) atoms. The first-order valence-corrected chi connectivity index (χ1v) is 8.47. The maximum Gasteiger partial charge on any atom is 0.257 e. The van der Waals surface area contributed by atoms with Crippen molar-refractivity contribution in [3.8, 4) is 5.75 Å². The molecule has 2 heterocycles. The van der Waals surface area contributed by atoms with Gasteiger partial charge in [-0.1, -0.05) is 11.6 Å². The standard InChI is InChI=1S/C17H24ClN3O2/c1-19-9-10-20(2)17(12-19)5-7-21(8-6-17)16(23)14-11-13(18)3-4-15(14)22/h3-4,11,22H,5-10,12H2,1-2H3. The van der Waals surface area contributed by atoms with Crippen molar-refractivity contribution in [3.63, 3.8) is 0 Å². The molecule has 2 fully saturated rings. The van der Waals surface area contributed by atoms with Gasteiger partial charge in [-0.15, -0.1) is 0 Å². The molecule has 0 aliphatic carbocycles. The van der Waals surface area contributed by atoms with E-state index in [9.17, 15) is 9.90 Å². The molecule has 0 radical (unpaired) electrons. The summed E-state index contributed by atoms with van der Waals surface area (Å²) in [6.45, 7) is 4.64. The summed E-state index contributed by atoms with van der Waals surface area (Å²) < 4.78 is 0. The van der Waals surface area contributed by atoms with Crippen molar-refractivity contribution in [2.75, 3.05) is 46.8 Å². The lowest BCUT2D eigenvalue weighted by Crippen LogP contribution is -2.64. The largest absolute Gasteiger partial charge is 0.507 e. The number of likely N-dealkylation sites (N-methyl/N-ethyl adjacent to an activating group) is 2. The third-order valence-electron chi connectivity index (χ3n) is 5.36. The van der Waals surface area contributed by atoms with Gasteiger partial charge in [0.1, 0.15) is 5.75 Å². The molecule has 2 saturated heterocycles. The molecule has 2 aliphatic rings. The molecule has 1 N–H and O–H groups in total. The Labute approximate surface area is 142 Å². The van der Waals surface area contributed by atoms with Crippen LogP contribution >= 0.6 is 11.6 Å². The molecule has 0 atom stereocenters. The lowest BCUT2D eigenvalue weighted by Gasteiger charge is -2.52. The molecule has 0 saturated carbocycles. The minimum absolute atomic E-state index is 0.00537. The fourth-order valence-electron chi connectivity index (χ4n) is 3.78. The smallest absolute Gasteiger partial charge is 0.257 e. The molecule has 2 aliphatic heterocycles. The van der Waals surface area contributed by atoms with E-state index in [1.807, 2.05) is 4.90 Å². The summed E-state index contributed by atoms with van der Waals surface area (Å²) in [7, 11) is 4.35. The third kappa shape index (κ3) is 3.18. The number of aromatic hydroxyl groups is 1. The van der Waals surface area contributed by atoms with Crippen LogP contribution in [0.15, 0.2) is 18.2 Å². The molecule has 0 unspecified atom stereocenters. The number of phenolic OH excluding ortho intramolecular Hbond substituents is 1. The van der Waals surface area contributed by atoms with Gasteiger partial charge in [0.05, 0.1) is 5.56 Å². The summed E-state index contributed by atoms with van der Waals surface area (Å²) in [5, 5.41) is 10.4. The maximum atomic E-state index is 12.7. The number of nitrogens with zero attached hydrogens (tertiary/aromatic N) is 3. The number of halogens is 1. The minimum atomic E-state index is -0.133. The van der Waals surface area contributed by atoms with Crippen LogP contribution in [0.3, 0.4) is 0 Å². The molecule has 1 aromatic rings. The van der Waals surface area contributed by atoms with Gasteiger partial charge in [0.15, 0.2) is 0 Å². The molecule has 5 nitrogen and oxygen atoms in total. The van der Waals surface area contributed by atoms with E-state index in [0.29, 0.717) is 23.7 Å². The average molecular weight is 338 g/mol. The van der Waals surface area contributed by atoms with Gasteiger partial charge in [0.25, 0.3) is 5.91 Å². The summed E-state index contributed by atoms with van der Waals surface area (Å²) in [5.74, 6) is -0.138. The number of likely N-dealkylation sites (tertiary alicyclic amines) is 1. The van der Waals surface area contributed by atoms with Crippen molar-refractivity contribution in [3.05, 3.63) is 28.8 Å². The molecular formula is C17H24ClN3O2. The summed E-state index contributed by atoms with van der Waals surface area (Å²) >= 11 is 5.96. The molecule has 3 rings (SSSR count). The Hall–Kier alpha value is -1.30. The van der Waals surface area contributed by atoms with E-state index in [4.69, 9.17) is 11.6 Å². The van der Waals surface area contributed by atoms with Crippen molar-refractivity contribution >= 4 is 17.5 Å². The number of benzene rings is 1. The van der Waals surface area contributed by atoms with E-state index < -0.39 is 0 Å². The van der Waals surface area contributed by atoms with Crippen molar-refractivity contribution < 1.29 is 9.90 Å². The molecule has 0 bridgehead atoms. The van der Waals surface area contributed by atoms with Crippen LogP contribution in [0.25, 0.3) is 0 Å². The predicted molar refractivity (Wildman–Crippen MR) is 91.1 cm³/mol. The average Bonchev–Trinajstić information content (AvgIpc) is 2.54. The van der Waals surface area contributed by atoms with Gasteiger partial charge in [-0.3, -0.25) is 9.69 Å². The van der Waals surface area contributed by atoms with Crippen LogP contribution in [-0.4, -0.2) is 78.1 Å². The van der Waals surface area contributed by atoms with Gasteiger partial charge in [0.2, 0.25) is 0 Å². The van der Waals surface area contributed by atoms with Crippen molar-refractivity contribution in [1.29, 1.82) is 0 Å². The SMILES string of the molecule is CN1CCN(C)C2(CCN(C(=O)c3cc(Cl)ccc3O)CC2)C1. The van der Waals surface area contributed by atoms with Crippen molar-refractivity contribution in [1.82, 2.24) is 14.7 Å². The van der Waals surface area contributed by atoms with Gasteiger partial charge in [-0.2, -0.15) is 0 Å². The Morgan fingerprint density at radius 2 is 1.87 bits per heavy atom. The minimum Gasteiger partial charge on any atom is -0.507 e. The van der Waals surface area contributed by atoms with Gasteiger partial charge >= 0.3 is 0 Å². The van der Waals surface area contributed by atoms with Crippen molar-refractivity contribution in [2.24, 2.45) is 0 Å². The Kier molecular flexibility index (Phi) is 4.54. The zero-order chi connectivity index (χ0) is 16.6. The topological polar surface area (TPSA) is 47.0 Å². The second-order valence-electron chi connectivity index (χ2n) is 6.84. The summed E-state index contributed by atoms with van der Waals surface area (Å²) in [4.78, 5) is 19.3. The normalized spacial score (nSPS) is 22.5. The summed E-state index contributed by atoms with van der Waals surface area (Å²) in [6.07, 6.45) is 1.92. The number of piperidine rings is 1. The lowest BCUT2D eigenvalue weighted by molar-refractivity contribution is -0.0157. The number of amides is 1. The first kappa shape index (κ1) is 16.6. The van der Waals surface area contributed by atoms with Crippen LogP contribution in [0.1, 0.15) is 23.2 Å². The quantitative estimate of drug-likeness (QED) is 0.850. The van der Waals surface area contributed by atoms with Gasteiger partial charge in [-0.25, -0.2) is 0 Å². The Morgan fingerprint density at radius 3 is 2.57 bits per heavy atom. The Balaban J connectivity index is 1.71. The molecule has 1 aromatic carbocycles. The first-order chi connectivity index (χ1) is 10.9. The highest BCUT2D eigenvalue weighted by molar-refractivity contribution is 6.31. The number of carbonyl (C=O) groups excluding carboxylic acids is 1. The number of hydrogen-bond donors (Lipinski definition) is 1. The summed E-state index contributed by atoms with van der Waals surface area (Å²) in [5.41, 5.74) is 0.461. The van der Waals surface area contributed by atoms with Crippen molar-refractivity contribution in [2.45, 2.75) is 18.4 Å². The van der Waals surface area contributed by atoms with E-state index in [2.05, 4.69) is 23.9 Å². The number of carbonyl (C=O) groups is 1. The van der Waals surface area contributed by atoms with Crippen LogP contribution in [0, 0.1) is 0 Å². The van der Waals surface area contributed by atoms with Gasteiger partial charge in [-0.05, 0) is 45.1 Å². The zero-order valence-electron chi connectivity index (χ0n) is 13.8. The molecule has 126 valence electrons. The zero-order valence-corrected chi connectivity index (χ0v) is 14.5. The van der Waals surface area contributed by atoms with Crippen LogP contribution in [0.2, 0.25) is 5.02 Å². The van der Waals surface area contributed by atoms with E-state index in [1.165, 1.54) is 6.07 Å². The molecule has 0 aromatic heterocycles. The van der Waals surface area contributed by atoms with Gasteiger partial charge < -0.3 is 14.9 Å². The fraction of sp³-hybridized carbons (Fsp3) is 0.588. The van der Waals surface area contributed by atoms with Crippen LogP contribution < -0.4 is 0 Å².